The van der Waals surface area contributed by atoms with E-state index in [4.69, 9.17) is 0 Å². The number of nitrogens with one attached hydrogen (secondary N) is 1. The van der Waals surface area contributed by atoms with Crippen LogP contribution in [-0.4, -0.2) is 44.8 Å². The topological polar surface area (TPSA) is 66.3 Å². The molecule has 0 radical (unpaired) electrons. The lowest BCUT2D eigenvalue weighted by molar-refractivity contribution is 0.189. The summed E-state index contributed by atoms with van der Waals surface area (Å²) in [6.07, 6.45) is 5.86. The Morgan fingerprint density at radius 3 is 3.04 bits per heavy atom. The Hall–Kier alpha value is -2.57. The van der Waals surface area contributed by atoms with E-state index in [1.807, 2.05) is 37.2 Å². The van der Waals surface area contributed by atoms with E-state index in [9.17, 15) is 4.79 Å². The fourth-order valence-corrected chi connectivity index (χ4v) is 3.96. The monoisotopic (exact) mass is 340 g/mol. The zero-order valence-electron chi connectivity index (χ0n) is 14.7. The Morgan fingerprint density at radius 1 is 1.36 bits per heavy atom. The van der Waals surface area contributed by atoms with Crippen molar-refractivity contribution in [1.82, 2.24) is 25.0 Å². The summed E-state index contributed by atoms with van der Waals surface area (Å²) in [5, 5.41) is 7.30. The summed E-state index contributed by atoms with van der Waals surface area (Å²) in [5.74, 6) is 1.04. The average Bonchev–Trinajstić information content (AvgIpc) is 3.20. The summed E-state index contributed by atoms with van der Waals surface area (Å²) in [4.78, 5) is 21.8. The van der Waals surface area contributed by atoms with Gasteiger partial charge in [-0.2, -0.15) is 5.10 Å². The Balaban J connectivity index is 1.54. The molecule has 2 aliphatic rings. The number of nitrogens with zero attached hydrogens (tertiary/aromatic N) is 5. The second-order valence-corrected chi connectivity index (χ2v) is 6.91. The van der Waals surface area contributed by atoms with Crippen molar-refractivity contribution in [3.8, 4) is 0 Å². The van der Waals surface area contributed by atoms with E-state index < -0.39 is 0 Å². The molecule has 1 unspecified atom stereocenters. The molecule has 2 amide bonds. The van der Waals surface area contributed by atoms with Crippen molar-refractivity contribution in [2.24, 2.45) is 7.05 Å². The number of hydrogen-bond donors (Lipinski definition) is 1. The number of carbonyl (C=O) groups excluding carboxylic acids is 1. The van der Waals surface area contributed by atoms with E-state index >= 15 is 0 Å². The lowest BCUT2D eigenvalue weighted by atomic mass is 10.2. The number of fused-ring (bicyclic) bond motifs is 3. The molecule has 0 aliphatic carbocycles. The molecule has 2 aromatic rings. The maximum absolute atomic E-state index is 12.9. The van der Waals surface area contributed by atoms with Crippen LogP contribution in [0.15, 0.2) is 30.6 Å². The van der Waals surface area contributed by atoms with Gasteiger partial charge in [-0.15, -0.1) is 0 Å². The van der Waals surface area contributed by atoms with Gasteiger partial charge < -0.3 is 15.1 Å². The Bertz CT molecular complexity index is 772. The van der Waals surface area contributed by atoms with Crippen molar-refractivity contribution in [1.29, 1.82) is 0 Å². The number of hydrogen-bond acceptors (Lipinski definition) is 4. The molecule has 2 aliphatic heterocycles. The number of pyridine rings is 1. The van der Waals surface area contributed by atoms with Crippen LogP contribution in [0.1, 0.15) is 37.1 Å². The average molecular weight is 340 g/mol. The molecule has 1 saturated heterocycles. The minimum Gasteiger partial charge on any atom is -0.352 e. The summed E-state index contributed by atoms with van der Waals surface area (Å²) < 4.78 is 1.80. The molecule has 4 rings (SSSR count). The Labute approximate surface area is 147 Å². The zero-order valence-corrected chi connectivity index (χ0v) is 14.7. The largest absolute Gasteiger partial charge is 0.352 e. The summed E-state index contributed by atoms with van der Waals surface area (Å²) in [6.45, 7) is 4.35. The smallest absolute Gasteiger partial charge is 0.318 e. The van der Waals surface area contributed by atoms with E-state index in [0.29, 0.717) is 12.6 Å². The number of carbonyl (C=O) groups is 1. The van der Waals surface area contributed by atoms with Crippen molar-refractivity contribution in [2.75, 3.05) is 18.0 Å². The van der Waals surface area contributed by atoms with Crippen molar-refractivity contribution in [3.63, 3.8) is 0 Å². The van der Waals surface area contributed by atoms with Crippen LogP contribution < -0.4 is 10.2 Å². The summed E-state index contributed by atoms with van der Waals surface area (Å²) in [7, 11) is 1.89. The maximum atomic E-state index is 12.9. The van der Waals surface area contributed by atoms with Crippen molar-refractivity contribution in [2.45, 2.75) is 38.4 Å². The van der Waals surface area contributed by atoms with Gasteiger partial charge in [-0.05, 0) is 31.9 Å². The van der Waals surface area contributed by atoms with Gasteiger partial charge in [0, 0.05) is 44.1 Å². The minimum absolute atomic E-state index is 0.0303. The van der Waals surface area contributed by atoms with Gasteiger partial charge in [0.1, 0.15) is 5.82 Å². The molecule has 0 bridgehead atoms. The molecular weight excluding hydrogens is 316 g/mol. The Morgan fingerprint density at radius 2 is 2.24 bits per heavy atom. The highest BCUT2D eigenvalue weighted by atomic mass is 16.2. The van der Waals surface area contributed by atoms with E-state index in [2.05, 4.69) is 26.4 Å². The first-order valence-corrected chi connectivity index (χ1v) is 8.87. The lowest BCUT2D eigenvalue weighted by Crippen LogP contribution is -2.45. The molecule has 25 heavy (non-hydrogen) atoms. The van der Waals surface area contributed by atoms with E-state index in [-0.39, 0.29) is 12.1 Å². The van der Waals surface area contributed by atoms with Crippen LogP contribution in [0.3, 0.4) is 0 Å². The van der Waals surface area contributed by atoms with Crippen molar-refractivity contribution < 1.29 is 4.79 Å². The zero-order chi connectivity index (χ0) is 17.4. The second kappa shape index (κ2) is 6.38. The molecule has 0 spiro atoms. The maximum Gasteiger partial charge on any atom is 0.318 e. The number of rotatable bonds is 2. The van der Waals surface area contributed by atoms with Gasteiger partial charge in [0.2, 0.25) is 0 Å². The van der Waals surface area contributed by atoms with Crippen LogP contribution in [0.2, 0.25) is 0 Å². The highest BCUT2D eigenvalue weighted by Gasteiger charge is 2.34. The highest BCUT2D eigenvalue weighted by molar-refractivity contribution is 5.75. The quantitative estimate of drug-likeness (QED) is 0.909. The number of aryl methyl sites for hydroxylation is 1. The summed E-state index contributed by atoms with van der Waals surface area (Å²) in [6, 6.07) is 6.20. The minimum atomic E-state index is -0.0868. The molecule has 4 heterocycles. The van der Waals surface area contributed by atoms with Crippen molar-refractivity contribution in [3.05, 3.63) is 41.9 Å². The van der Waals surface area contributed by atoms with E-state index in [1.54, 1.807) is 10.9 Å². The van der Waals surface area contributed by atoms with Crippen LogP contribution in [-0.2, 0) is 13.6 Å². The Kier molecular flexibility index (Phi) is 4.07. The highest BCUT2D eigenvalue weighted by Crippen LogP contribution is 2.31. The molecule has 0 saturated carbocycles. The lowest BCUT2D eigenvalue weighted by Gasteiger charge is -2.28. The predicted octanol–water partition coefficient (Wildman–Crippen LogP) is 2.07. The van der Waals surface area contributed by atoms with Gasteiger partial charge in [0.25, 0.3) is 0 Å². The summed E-state index contributed by atoms with van der Waals surface area (Å²) >= 11 is 0. The summed E-state index contributed by atoms with van der Waals surface area (Å²) in [5.41, 5.74) is 2.11. The molecule has 132 valence electrons. The fraction of sp³-hybridized carbons (Fsp3) is 0.500. The van der Waals surface area contributed by atoms with Gasteiger partial charge in [0.05, 0.1) is 18.3 Å². The van der Waals surface area contributed by atoms with Gasteiger partial charge in [-0.25, -0.2) is 9.78 Å². The van der Waals surface area contributed by atoms with Crippen LogP contribution in [0.5, 0.6) is 0 Å². The second-order valence-electron chi connectivity index (χ2n) is 6.91. The van der Waals surface area contributed by atoms with Gasteiger partial charge in [-0.3, -0.25) is 4.68 Å². The first kappa shape index (κ1) is 15.9. The van der Waals surface area contributed by atoms with Crippen LogP contribution in [0, 0.1) is 0 Å². The van der Waals surface area contributed by atoms with Crippen molar-refractivity contribution >= 4 is 11.8 Å². The van der Waals surface area contributed by atoms with Gasteiger partial charge in [0.15, 0.2) is 0 Å². The van der Waals surface area contributed by atoms with Crippen LogP contribution >= 0.6 is 0 Å². The molecule has 2 atom stereocenters. The predicted molar refractivity (Wildman–Crippen MR) is 95.2 cm³/mol. The first-order valence-electron chi connectivity index (χ1n) is 8.87. The number of amides is 2. The molecule has 2 aromatic heterocycles. The van der Waals surface area contributed by atoms with Crippen LogP contribution in [0.4, 0.5) is 10.6 Å². The van der Waals surface area contributed by atoms with E-state index in [0.717, 1.165) is 43.0 Å². The van der Waals surface area contributed by atoms with E-state index in [1.165, 1.54) is 0 Å². The SMILES string of the molecule is CC(NC(=O)N1Cc2cccnc2N2CCC[C@@H]2C1)c1ccnn1C. The third-order valence-electron chi connectivity index (χ3n) is 5.24. The van der Waals surface area contributed by atoms with Crippen LogP contribution in [0.25, 0.3) is 0 Å². The molecule has 7 heteroatoms. The van der Waals surface area contributed by atoms with Gasteiger partial charge >= 0.3 is 6.03 Å². The fourth-order valence-electron chi connectivity index (χ4n) is 3.96. The third kappa shape index (κ3) is 2.94. The molecule has 7 nitrogen and oxygen atoms in total. The number of urea groups is 1. The standard InChI is InChI=1S/C18H24N6O/c1-13(16-7-9-20-22(16)2)21-18(25)23-11-14-5-3-8-19-17(14)24-10-4-6-15(24)12-23/h3,5,7-9,13,15H,4,6,10-12H2,1-2H3,(H,21,25)/t13?,15-/m1/s1. The third-order valence-corrected chi connectivity index (χ3v) is 5.24. The molecule has 1 fully saturated rings. The molecule has 1 N–H and O–H groups in total. The molecule has 0 aromatic carbocycles. The van der Waals surface area contributed by atoms with Gasteiger partial charge in [-0.1, -0.05) is 6.07 Å². The molecular formula is C18H24N6O. The normalized spacial score (nSPS) is 20.6. The first-order chi connectivity index (χ1) is 12.1. The number of aromatic nitrogens is 3. The number of anilines is 1.